The van der Waals surface area contributed by atoms with Gasteiger partial charge >= 0.3 is 0 Å². The number of primary amides is 1. The molecule has 2 heterocycles. The first-order valence-corrected chi connectivity index (χ1v) is 10.6. The number of amides is 2. The zero-order valence-electron chi connectivity index (χ0n) is 17.7. The zero-order chi connectivity index (χ0) is 21.3. The first-order valence-electron chi connectivity index (χ1n) is 10.6. The smallest absolute Gasteiger partial charge is 0.254 e. The molecular formula is C25H27N3O2. The van der Waals surface area contributed by atoms with Crippen molar-refractivity contribution in [1.82, 2.24) is 4.90 Å². The van der Waals surface area contributed by atoms with Crippen LogP contribution in [0.25, 0.3) is 0 Å². The normalized spacial score (nSPS) is 25.6. The molecular weight excluding hydrogens is 374 g/mol. The van der Waals surface area contributed by atoms with E-state index in [0.29, 0.717) is 5.56 Å². The van der Waals surface area contributed by atoms with Crippen LogP contribution in [0.2, 0.25) is 0 Å². The van der Waals surface area contributed by atoms with Crippen LogP contribution in [-0.2, 0) is 18.3 Å². The van der Waals surface area contributed by atoms with Crippen molar-refractivity contribution in [3.05, 3.63) is 64.2 Å². The maximum absolute atomic E-state index is 13.6. The Morgan fingerprint density at radius 3 is 2.57 bits per heavy atom. The van der Waals surface area contributed by atoms with E-state index in [4.69, 9.17) is 5.73 Å². The maximum atomic E-state index is 13.6. The fourth-order valence-electron chi connectivity index (χ4n) is 5.75. The zero-order valence-corrected chi connectivity index (χ0v) is 17.7. The molecule has 2 aromatic rings. The number of carbonyl (C=O) groups is 2. The molecule has 2 unspecified atom stereocenters. The Morgan fingerprint density at radius 2 is 1.80 bits per heavy atom. The number of benzene rings is 2. The van der Waals surface area contributed by atoms with Crippen LogP contribution in [-0.4, -0.2) is 35.5 Å². The summed E-state index contributed by atoms with van der Waals surface area (Å²) < 4.78 is 0. The first kappa shape index (κ1) is 19.0. The number of likely N-dealkylation sites (tertiary alicyclic amines) is 1. The minimum Gasteiger partial charge on any atom is -0.366 e. The predicted molar refractivity (Wildman–Crippen MR) is 118 cm³/mol. The molecule has 5 nitrogen and oxygen atoms in total. The van der Waals surface area contributed by atoms with Gasteiger partial charge < -0.3 is 10.6 Å². The van der Waals surface area contributed by atoms with Crippen LogP contribution in [0.3, 0.4) is 0 Å². The first-order chi connectivity index (χ1) is 14.2. The van der Waals surface area contributed by atoms with Gasteiger partial charge in [0.2, 0.25) is 5.91 Å². The quantitative estimate of drug-likeness (QED) is 0.831. The van der Waals surface area contributed by atoms with E-state index in [0.717, 1.165) is 48.2 Å². The summed E-state index contributed by atoms with van der Waals surface area (Å²) in [5.41, 5.74) is 11.1. The third-order valence-corrected chi connectivity index (χ3v) is 8.01. The Balaban J connectivity index is 1.54. The van der Waals surface area contributed by atoms with Crippen molar-refractivity contribution in [3.8, 4) is 0 Å². The highest BCUT2D eigenvalue weighted by Crippen LogP contribution is 2.56. The van der Waals surface area contributed by atoms with Crippen molar-refractivity contribution in [2.24, 2.45) is 16.1 Å². The van der Waals surface area contributed by atoms with Crippen LogP contribution in [0.1, 0.15) is 64.6 Å². The molecule has 1 saturated heterocycles. The van der Waals surface area contributed by atoms with Crippen LogP contribution >= 0.6 is 0 Å². The minimum atomic E-state index is -0.411. The van der Waals surface area contributed by atoms with Gasteiger partial charge in [0.05, 0.1) is 5.69 Å². The molecule has 1 fully saturated rings. The van der Waals surface area contributed by atoms with Gasteiger partial charge in [-0.2, -0.15) is 0 Å². The van der Waals surface area contributed by atoms with Gasteiger partial charge in [-0.3, -0.25) is 14.6 Å². The molecule has 5 heteroatoms. The lowest BCUT2D eigenvalue weighted by Gasteiger charge is -2.60. The summed E-state index contributed by atoms with van der Waals surface area (Å²) in [6.07, 6.45) is 4.30. The average Bonchev–Trinajstić information content (AvgIpc) is 3.17. The van der Waals surface area contributed by atoms with E-state index in [2.05, 4.69) is 36.7 Å². The molecule has 154 valence electrons. The van der Waals surface area contributed by atoms with Crippen LogP contribution in [0.4, 0.5) is 5.69 Å². The van der Waals surface area contributed by atoms with Gasteiger partial charge in [-0.1, -0.05) is 26.8 Å². The Hall–Kier alpha value is -2.95. The molecule has 2 atom stereocenters. The van der Waals surface area contributed by atoms with Gasteiger partial charge in [-0.05, 0) is 65.3 Å². The summed E-state index contributed by atoms with van der Waals surface area (Å²) in [5.74, 6) is -0.328. The molecule has 2 N–H and O–H groups in total. The number of hydrogen-bond acceptors (Lipinski definition) is 3. The number of aliphatic imine (C=N–C) groups is 1. The SMILES string of the molecule is CC12CCN(C(=O)c3ccc4c(c3)CC=N4)C(Cc3cc(C(N)=O)ccc31)C2(C)C. The molecule has 2 amide bonds. The second-order valence-corrected chi connectivity index (χ2v) is 9.62. The summed E-state index contributed by atoms with van der Waals surface area (Å²) in [5, 5.41) is 0. The minimum absolute atomic E-state index is 0.0591. The summed E-state index contributed by atoms with van der Waals surface area (Å²) in [7, 11) is 0. The van der Waals surface area contributed by atoms with Gasteiger partial charge in [-0.15, -0.1) is 0 Å². The van der Waals surface area contributed by atoms with Crippen molar-refractivity contribution in [2.45, 2.75) is 51.5 Å². The lowest BCUT2D eigenvalue weighted by molar-refractivity contribution is -0.0262. The van der Waals surface area contributed by atoms with Crippen LogP contribution in [0.5, 0.6) is 0 Å². The number of nitrogens with two attached hydrogens (primary N) is 1. The Bertz CT molecular complexity index is 1120. The molecule has 2 aliphatic heterocycles. The number of carbonyl (C=O) groups excluding carboxylic acids is 2. The molecule has 3 aliphatic rings. The van der Waals surface area contributed by atoms with Crippen molar-refractivity contribution >= 4 is 23.7 Å². The van der Waals surface area contributed by atoms with E-state index in [1.54, 1.807) is 0 Å². The Kier molecular flexibility index (Phi) is 3.98. The van der Waals surface area contributed by atoms with Crippen LogP contribution < -0.4 is 5.73 Å². The van der Waals surface area contributed by atoms with Crippen molar-refractivity contribution in [2.75, 3.05) is 6.54 Å². The van der Waals surface area contributed by atoms with Gasteiger partial charge in [0, 0.05) is 41.8 Å². The van der Waals surface area contributed by atoms with Gasteiger partial charge in [0.25, 0.3) is 5.91 Å². The van der Waals surface area contributed by atoms with Crippen molar-refractivity contribution in [1.29, 1.82) is 0 Å². The van der Waals surface area contributed by atoms with E-state index in [1.807, 2.05) is 36.5 Å². The van der Waals surface area contributed by atoms with Gasteiger partial charge in [0.1, 0.15) is 0 Å². The Morgan fingerprint density at radius 1 is 1.07 bits per heavy atom. The largest absolute Gasteiger partial charge is 0.366 e. The summed E-state index contributed by atoms with van der Waals surface area (Å²) >= 11 is 0. The highest BCUT2D eigenvalue weighted by atomic mass is 16.2. The molecule has 0 aromatic heterocycles. The van der Waals surface area contributed by atoms with Crippen LogP contribution in [0.15, 0.2) is 41.4 Å². The average molecular weight is 402 g/mol. The molecule has 30 heavy (non-hydrogen) atoms. The van der Waals surface area contributed by atoms with E-state index in [1.165, 1.54) is 5.56 Å². The lowest BCUT2D eigenvalue weighted by Crippen LogP contribution is -2.64. The predicted octanol–water partition coefficient (Wildman–Crippen LogP) is 3.80. The number of fused-ring (bicyclic) bond motifs is 5. The number of rotatable bonds is 2. The molecule has 2 aromatic carbocycles. The monoisotopic (exact) mass is 401 g/mol. The summed E-state index contributed by atoms with van der Waals surface area (Å²) in [6.45, 7) is 7.58. The van der Waals surface area contributed by atoms with Crippen molar-refractivity contribution < 1.29 is 9.59 Å². The van der Waals surface area contributed by atoms with Crippen molar-refractivity contribution in [3.63, 3.8) is 0 Å². The fraction of sp³-hybridized carbons (Fsp3) is 0.400. The van der Waals surface area contributed by atoms with E-state index >= 15 is 0 Å². The highest BCUT2D eigenvalue weighted by molar-refractivity contribution is 5.96. The number of nitrogens with zero attached hydrogens (tertiary/aromatic N) is 2. The molecule has 0 radical (unpaired) electrons. The molecule has 5 rings (SSSR count). The number of hydrogen-bond donors (Lipinski definition) is 1. The van der Waals surface area contributed by atoms with E-state index in [-0.39, 0.29) is 22.8 Å². The lowest BCUT2D eigenvalue weighted by atomic mass is 9.51. The number of piperidine rings is 1. The summed E-state index contributed by atoms with van der Waals surface area (Å²) in [6, 6.07) is 11.7. The van der Waals surface area contributed by atoms with E-state index in [9.17, 15) is 9.59 Å². The third-order valence-electron chi connectivity index (χ3n) is 8.01. The second-order valence-electron chi connectivity index (χ2n) is 9.62. The third kappa shape index (κ3) is 2.51. The fourth-order valence-corrected chi connectivity index (χ4v) is 5.75. The molecule has 2 bridgehead atoms. The highest BCUT2D eigenvalue weighted by Gasteiger charge is 2.56. The van der Waals surface area contributed by atoms with E-state index < -0.39 is 5.91 Å². The molecule has 0 spiro atoms. The van der Waals surface area contributed by atoms with Crippen LogP contribution in [0, 0.1) is 5.41 Å². The Labute approximate surface area is 177 Å². The topological polar surface area (TPSA) is 75.8 Å². The second kappa shape index (κ2) is 6.27. The maximum Gasteiger partial charge on any atom is 0.254 e. The van der Waals surface area contributed by atoms with Gasteiger partial charge in [-0.25, -0.2) is 0 Å². The standard InChI is InChI=1S/C25H27N3O2/c1-24(2)21-14-18-13-16(22(26)29)4-6-19(18)25(24,3)9-11-28(21)23(30)17-5-7-20-15(12-17)8-10-27-20/h4-7,10,12-13,21H,8-9,11,14H2,1-3H3,(H2,26,29). The molecule has 0 saturated carbocycles. The summed E-state index contributed by atoms with van der Waals surface area (Å²) in [4.78, 5) is 31.7. The molecule has 1 aliphatic carbocycles. The van der Waals surface area contributed by atoms with Gasteiger partial charge in [0.15, 0.2) is 0 Å².